The van der Waals surface area contributed by atoms with Crippen LogP contribution in [0.5, 0.6) is 0 Å². The molecule has 0 unspecified atom stereocenters. The van der Waals surface area contributed by atoms with Crippen LogP contribution in [-0.2, 0) is 0 Å². The topological polar surface area (TPSA) is 78.1 Å². The lowest BCUT2D eigenvalue weighted by Gasteiger charge is -2.33. The molecule has 2 heterocycles. The SMILES string of the molecule is Cc1ccc(C(=O)NC2CCN(c3cn[nH]c(=O)c3)CC2)cc1F. The standard InChI is InChI=1S/C17H19FN4O2/c1-11-2-3-12(8-15(11)18)17(24)20-13-4-6-22(7-5-13)14-9-16(23)21-19-10-14/h2-3,8-10,13H,4-7H2,1H3,(H,20,24)(H,21,23). The summed E-state index contributed by atoms with van der Waals surface area (Å²) >= 11 is 0. The van der Waals surface area contributed by atoms with Crippen LogP contribution in [-0.4, -0.2) is 35.2 Å². The number of piperidine rings is 1. The summed E-state index contributed by atoms with van der Waals surface area (Å²) in [6, 6.07) is 6.05. The van der Waals surface area contributed by atoms with E-state index in [-0.39, 0.29) is 23.3 Å². The number of halogens is 1. The first-order valence-electron chi connectivity index (χ1n) is 7.89. The van der Waals surface area contributed by atoms with Gasteiger partial charge in [-0.25, -0.2) is 9.49 Å². The van der Waals surface area contributed by atoms with E-state index in [0.717, 1.165) is 31.6 Å². The fourth-order valence-corrected chi connectivity index (χ4v) is 2.82. The third-order valence-electron chi connectivity index (χ3n) is 4.28. The predicted molar refractivity (Wildman–Crippen MR) is 88.7 cm³/mol. The molecule has 1 fully saturated rings. The summed E-state index contributed by atoms with van der Waals surface area (Å²) in [6.45, 7) is 3.10. The van der Waals surface area contributed by atoms with Gasteiger partial charge in [0.25, 0.3) is 11.5 Å². The molecule has 6 nitrogen and oxygen atoms in total. The van der Waals surface area contributed by atoms with Crippen molar-refractivity contribution in [2.75, 3.05) is 18.0 Å². The second-order valence-corrected chi connectivity index (χ2v) is 6.00. The van der Waals surface area contributed by atoms with Crippen molar-refractivity contribution in [1.82, 2.24) is 15.5 Å². The third kappa shape index (κ3) is 3.61. The maximum absolute atomic E-state index is 13.6. The minimum atomic E-state index is -0.376. The summed E-state index contributed by atoms with van der Waals surface area (Å²) in [4.78, 5) is 25.6. The molecule has 7 heteroatoms. The summed E-state index contributed by atoms with van der Waals surface area (Å²) in [6.07, 6.45) is 3.13. The number of rotatable bonds is 3. The molecular formula is C17H19FN4O2. The van der Waals surface area contributed by atoms with Crippen molar-refractivity contribution in [3.8, 4) is 0 Å². The highest BCUT2D eigenvalue weighted by atomic mass is 19.1. The Kier molecular flexibility index (Phi) is 4.59. The largest absolute Gasteiger partial charge is 0.370 e. The Morgan fingerprint density at radius 3 is 2.75 bits per heavy atom. The van der Waals surface area contributed by atoms with E-state index in [2.05, 4.69) is 20.4 Å². The fourth-order valence-electron chi connectivity index (χ4n) is 2.82. The Labute approximate surface area is 138 Å². The average Bonchev–Trinajstić information content (AvgIpc) is 2.58. The summed E-state index contributed by atoms with van der Waals surface area (Å²) in [5, 5.41) is 9.10. The number of H-pyrrole nitrogens is 1. The molecule has 126 valence electrons. The molecule has 0 bridgehead atoms. The first kappa shape index (κ1) is 16.2. The Balaban J connectivity index is 1.58. The van der Waals surface area contributed by atoms with Crippen molar-refractivity contribution >= 4 is 11.6 Å². The molecule has 1 saturated heterocycles. The molecule has 24 heavy (non-hydrogen) atoms. The first-order chi connectivity index (χ1) is 11.5. The zero-order valence-corrected chi connectivity index (χ0v) is 13.4. The number of nitrogens with one attached hydrogen (secondary N) is 2. The number of amides is 1. The monoisotopic (exact) mass is 330 g/mol. The lowest BCUT2D eigenvalue weighted by molar-refractivity contribution is 0.0930. The third-order valence-corrected chi connectivity index (χ3v) is 4.28. The second kappa shape index (κ2) is 6.82. The molecule has 0 aliphatic carbocycles. The highest BCUT2D eigenvalue weighted by Gasteiger charge is 2.22. The van der Waals surface area contributed by atoms with Crippen molar-refractivity contribution in [3.05, 3.63) is 57.8 Å². The van der Waals surface area contributed by atoms with Crippen LogP contribution >= 0.6 is 0 Å². The number of hydrogen-bond acceptors (Lipinski definition) is 4. The van der Waals surface area contributed by atoms with Gasteiger partial charge in [0.05, 0.1) is 11.9 Å². The molecule has 0 atom stereocenters. The van der Waals surface area contributed by atoms with Crippen LogP contribution in [0.15, 0.2) is 35.3 Å². The van der Waals surface area contributed by atoms with Crippen molar-refractivity contribution in [1.29, 1.82) is 0 Å². The van der Waals surface area contributed by atoms with Gasteiger partial charge < -0.3 is 10.2 Å². The molecule has 2 N–H and O–H groups in total. The lowest BCUT2D eigenvalue weighted by atomic mass is 10.0. The average molecular weight is 330 g/mol. The number of nitrogens with zero attached hydrogens (tertiary/aromatic N) is 2. The van der Waals surface area contributed by atoms with E-state index in [1.54, 1.807) is 25.3 Å². The molecule has 1 aliphatic heterocycles. The van der Waals surface area contributed by atoms with Gasteiger partial charge in [0, 0.05) is 30.8 Å². The molecule has 2 aromatic rings. The van der Waals surface area contributed by atoms with Gasteiger partial charge in [-0.1, -0.05) is 6.07 Å². The van der Waals surface area contributed by atoms with Crippen molar-refractivity contribution in [3.63, 3.8) is 0 Å². The molecule has 3 rings (SSSR count). The lowest BCUT2D eigenvalue weighted by Crippen LogP contribution is -2.45. The van der Waals surface area contributed by atoms with Crippen LogP contribution in [0.4, 0.5) is 10.1 Å². The van der Waals surface area contributed by atoms with Gasteiger partial charge in [0.1, 0.15) is 5.82 Å². The normalized spacial score (nSPS) is 15.3. The number of hydrogen-bond donors (Lipinski definition) is 2. The Morgan fingerprint density at radius 2 is 2.08 bits per heavy atom. The van der Waals surface area contributed by atoms with Gasteiger partial charge in [-0.2, -0.15) is 5.10 Å². The maximum atomic E-state index is 13.6. The molecular weight excluding hydrogens is 311 g/mol. The van der Waals surface area contributed by atoms with E-state index in [1.807, 2.05) is 0 Å². The highest BCUT2D eigenvalue weighted by Crippen LogP contribution is 2.18. The summed E-state index contributed by atoms with van der Waals surface area (Å²) < 4.78 is 13.6. The molecule has 0 radical (unpaired) electrons. The molecule has 1 aromatic heterocycles. The molecule has 1 aromatic carbocycles. The first-order valence-corrected chi connectivity index (χ1v) is 7.89. The molecule has 0 saturated carbocycles. The number of benzene rings is 1. The van der Waals surface area contributed by atoms with Crippen LogP contribution in [0.25, 0.3) is 0 Å². The minimum absolute atomic E-state index is 0.0353. The zero-order valence-electron chi connectivity index (χ0n) is 13.4. The Bertz CT molecular complexity index is 797. The van der Waals surface area contributed by atoms with Gasteiger partial charge >= 0.3 is 0 Å². The smallest absolute Gasteiger partial charge is 0.266 e. The van der Waals surface area contributed by atoms with Crippen LogP contribution in [0.1, 0.15) is 28.8 Å². The Hall–Kier alpha value is -2.70. The fraction of sp³-hybridized carbons (Fsp3) is 0.353. The van der Waals surface area contributed by atoms with Gasteiger partial charge in [0.15, 0.2) is 0 Å². The van der Waals surface area contributed by atoms with Gasteiger partial charge in [-0.15, -0.1) is 0 Å². The number of aromatic amines is 1. The molecule has 0 spiro atoms. The van der Waals surface area contributed by atoms with Crippen molar-refractivity contribution in [2.45, 2.75) is 25.8 Å². The van der Waals surface area contributed by atoms with Crippen LogP contribution < -0.4 is 15.8 Å². The van der Waals surface area contributed by atoms with E-state index in [4.69, 9.17) is 0 Å². The number of aryl methyl sites for hydroxylation is 1. The van der Waals surface area contributed by atoms with E-state index in [9.17, 15) is 14.0 Å². The van der Waals surface area contributed by atoms with Crippen LogP contribution in [0.3, 0.4) is 0 Å². The minimum Gasteiger partial charge on any atom is -0.370 e. The van der Waals surface area contributed by atoms with Crippen molar-refractivity contribution < 1.29 is 9.18 Å². The summed E-state index contributed by atoms with van der Waals surface area (Å²) in [5.41, 5.74) is 1.40. The number of carbonyl (C=O) groups excluding carboxylic acids is 1. The molecule has 1 amide bonds. The van der Waals surface area contributed by atoms with E-state index in [0.29, 0.717) is 11.1 Å². The quantitative estimate of drug-likeness (QED) is 0.896. The second-order valence-electron chi connectivity index (χ2n) is 6.00. The van der Waals surface area contributed by atoms with E-state index in [1.165, 1.54) is 12.1 Å². The van der Waals surface area contributed by atoms with Gasteiger partial charge in [0.2, 0.25) is 0 Å². The number of carbonyl (C=O) groups is 1. The highest BCUT2D eigenvalue weighted by molar-refractivity contribution is 5.94. The number of anilines is 1. The molecule has 1 aliphatic rings. The zero-order chi connectivity index (χ0) is 17.1. The van der Waals surface area contributed by atoms with Crippen LogP contribution in [0.2, 0.25) is 0 Å². The van der Waals surface area contributed by atoms with E-state index < -0.39 is 0 Å². The summed E-state index contributed by atoms with van der Waals surface area (Å²) in [5.74, 6) is -0.635. The van der Waals surface area contributed by atoms with E-state index >= 15 is 0 Å². The Morgan fingerprint density at radius 1 is 1.33 bits per heavy atom. The number of aromatic nitrogens is 2. The van der Waals surface area contributed by atoms with Gasteiger partial charge in [-0.05, 0) is 37.5 Å². The van der Waals surface area contributed by atoms with Crippen LogP contribution in [0, 0.1) is 12.7 Å². The van der Waals surface area contributed by atoms with Gasteiger partial charge in [-0.3, -0.25) is 9.59 Å². The summed E-state index contributed by atoms with van der Waals surface area (Å²) in [7, 11) is 0. The predicted octanol–water partition coefficient (Wildman–Crippen LogP) is 1.62. The maximum Gasteiger partial charge on any atom is 0.266 e. The van der Waals surface area contributed by atoms with Crippen molar-refractivity contribution in [2.24, 2.45) is 0 Å².